The second-order valence-electron chi connectivity index (χ2n) is 9.15. The van der Waals surface area contributed by atoms with Crippen molar-refractivity contribution in [1.29, 1.82) is 0 Å². The molecule has 0 radical (unpaired) electrons. The van der Waals surface area contributed by atoms with Crippen molar-refractivity contribution in [1.82, 2.24) is 19.7 Å². The van der Waals surface area contributed by atoms with E-state index in [4.69, 9.17) is 4.74 Å². The molecule has 168 valence electrons. The minimum Gasteiger partial charge on any atom is -0.497 e. The van der Waals surface area contributed by atoms with Crippen molar-refractivity contribution in [2.24, 2.45) is 13.0 Å². The Bertz CT molecular complexity index is 899. The number of hydrogen-bond acceptors (Lipinski definition) is 4. The first-order valence-electron chi connectivity index (χ1n) is 11.6. The van der Waals surface area contributed by atoms with Crippen LogP contribution in [0.2, 0.25) is 0 Å². The number of likely N-dealkylation sites (tertiary alicyclic amines) is 1. The Morgan fingerprint density at radius 3 is 2.74 bits per heavy atom. The van der Waals surface area contributed by atoms with E-state index in [2.05, 4.69) is 44.8 Å². The molecule has 0 atom stereocenters. The van der Waals surface area contributed by atoms with Crippen molar-refractivity contribution >= 4 is 5.91 Å². The first-order valence-corrected chi connectivity index (χ1v) is 11.6. The van der Waals surface area contributed by atoms with Gasteiger partial charge >= 0.3 is 0 Å². The van der Waals surface area contributed by atoms with E-state index in [1.165, 1.54) is 29.7 Å². The highest BCUT2D eigenvalue weighted by molar-refractivity contribution is 5.93. The summed E-state index contributed by atoms with van der Waals surface area (Å²) in [6, 6.07) is 10.4. The monoisotopic (exact) mass is 424 g/mol. The lowest BCUT2D eigenvalue weighted by Crippen LogP contribution is -2.39. The van der Waals surface area contributed by atoms with Gasteiger partial charge in [0.1, 0.15) is 11.4 Å². The van der Waals surface area contributed by atoms with Gasteiger partial charge in [-0.1, -0.05) is 19.1 Å². The van der Waals surface area contributed by atoms with Crippen LogP contribution in [-0.2, 0) is 26.6 Å². The molecule has 0 unspecified atom stereocenters. The molecule has 2 aromatic rings. The number of amides is 1. The number of aromatic nitrogens is 1. The molecule has 4 rings (SSSR count). The third kappa shape index (κ3) is 5.31. The lowest BCUT2D eigenvalue weighted by Gasteiger charge is -2.30. The third-order valence-electron chi connectivity index (χ3n) is 6.87. The summed E-state index contributed by atoms with van der Waals surface area (Å²) in [6.07, 6.45) is 3.50. The fraction of sp³-hybridized carbons (Fsp3) is 0.560. The Labute approximate surface area is 186 Å². The van der Waals surface area contributed by atoms with E-state index in [0.717, 1.165) is 63.1 Å². The molecule has 1 amide bonds. The molecule has 2 aliphatic rings. The van der Waals surface area contributed by atoms with E-state index in [-0.39, 0.29) is 5.91 Å². The van der Waals surface area contributed by atoms with Crippen molar-refractivity contribution in [2.75, 3.05) is 39.8 Å². The lowest BCUT2D eigenvalue weighted by molar-refractivity contribution is 0.0936. The van der Waals surface area contributed by atoms with E-state index in [0.29, 0.717) is 6.54 Å². The Kier molecular flexibility index (Phi) is 6.98. The highest BCUT2D eigenvalue weighted by atomic mass is 16.5. The summed E-state index contributed by atoms with van der Waals surface area (Å²) in [5, 5.41) is 3.14. The number of carbonyl (C=O) groups excluding carboxylic acids is 1. The number of nitrogens with zero attached hydrogens (tertiary/aromatic N) is 3. The van der Waals surface area contributed by atoms with Crippen LogP contribution in [-0.4, -0.2) is 60.1 Å². The average Bonchev–Trinajstić information content (AvgIpc) is 3.11. The van der Waals surface area contributed by atoms with Crippen molar-refractivity contribution in [3.63, 3.8) is 0 Å². The molecular formula is C25H36N4O2. The Morgan fingerprint density at radius 1 is 1.16 bits per heavy atom. The first-order chi connectivity index (χ1) is 15.0. The van der Waals surface area contributed by atoms with Gasteiger partial charge in [0.05, 0.1) is 7.11 Å². The topological polar surface area (TPSA) is 49.7 Å². The molecule has 0 bridgehead atoms. The van der Waals surface area contributed by atoms with Gasteiger partial charge in [0, 0.05) is 51.9 Å². The van der Waals surface area contributed by atoms with Gasteiger partial charge in [0.2, 0.25) is 0 Å². The number of fused-ring (bicyclic) bond motifs is 1. The number of carbonyl (C=O) groups is 1. The molecule has 6 nitrogen and oxygen atoms in total. The van der Waals surface area contributed by atoms with E-state index >= 15 is 0 Å². The maximum atomic E-state index is 12.8. The summed E-state index contributed by atoms with van der Waals surface area (Å²) in [6.45, 7) is 9.05. The van der Waals surface area contributed by atoms with Crippen LogP contribution < -0.4 is 10.1 Å². The molecule has 1 fully saturated rings. The van der Waals surface area contributed by atoms with Crippen molar-refractivity contribution in [2.45, 2.75) is 39.3 Å². The molecular weight excluding hydrogens is 388 g/mol. The van der Waals surface area contributed by atoms with Crippen LogP contribution in [0.25, 0.3) is 0 Å². The largest absolute Gasteiger partial charge is 0.497 e. The van der Waals surface area contributed by atoms with Crippen LogP contribution in [0.3, 0.4) is 0 Å². The van der Waals surface area contributed by atoms with Crippen LogP contribution in [0.1, 0.15) is 47.1 Å². The fourth-order valence-electron chi connectivity index (χ4n) is 4.84. The molecule has 1 N–H and O–H groups in total. The highest BCUT2D eigenvalue weighted by Gasteiger charge is 2.24. The van der Waals surface area contributed by atoms with Crippen LogP contribution in [0.15, 0.2) is 30.3 Å². The van der Waals surface area contributed by atoms with E-state index in [1.54, 1.807) is 7.11 Å². The predicted molar refractivity (Wildman–Crippen MR) is 123 cm³/mol. The predicted octanol–water partition coefficient (Wildman–Crippen LogP) is 3.05. The van der Waals surface area contributed by atoms with Gasteiger partial charge < -0.3 is 19.5 Å². The van der Waals surface area contributed by atoms with Gasteiger partial charge in [-0.15, -0.1) is 0 Å². The molecule has 0 aliphatic carbocycles. The molecule has 0 spiro atoms. The molecule has 3 heterocycles. The van der Waals surface area contributed by atoms with Crippen molar-refractivity contribution in [3.05, 3.63) is 52.8 Å². The van der Waals surface area contributed by atoms with Gasteiger partial charge in [-0.2, -0.15) is 0 Å². The molecule has 1 saturated heterocycles. The molecule has 31 heavy (non-hydrogen) atoms. The third-order valence-corrected chi connectivity index (χ3v) is 6.87. The number of rotatable bonds is 7. The number of piperidine rings is 1. The summed E-state index contributed by atoms with van der Waals surface area (Å²) in [5.41, 5.74) is 4.59. The lowest BCUT2D eigenvalue weighted by atomic mass is 9.99. The van der Waals surface area contributed by atoms with E-state index < -0.39 is 0 Å². The smallest absolute Gasteiger partial charge is 0.267 e. The van der Waals surface area contributed by atoms with Crippen molar-refractivity contribution < 1.29 is 9.53 Å². The molecule has 1 aromatic heterocycles. The zero-order chi connectivity index (χ0) is 21.8. The van der Waals surface area contributed by atoms with E-state index in [1.807, 2.05) is 19.2 Å². The second kappa shape index (κ2) is 9.88. The van der Waals surface area contributed by atoms with Gasteiger partial charge in [0.15, 0.2) is 0 Å². The van der Waals surface area contributed by atoms with Gasteiger partial charge in [-0.25, -0.2) is 0 Å². The number of methoxy groups -OCH3 is 1. The molecule has 1 aromatic carbocycles. The summed E-state index contributed by atoms with van der Waals surface area (Å²) in [4.78, 5) is 17.7. The standard InChI is InChI=1S/C25H36N4O2/c1-19-7-11-28(12-8-19)14-10-26-25(30)24-16-21-18-29(13-9-23(21)27(24)2)17-20-5-4-6-22(15-20)31-3/h4-6,15-16,19H,7-14,17-18H2,1-3H3,(H,26,30). The number of nitrogens with one attached hydrogen (secondary N) is 1. The molecule has 0 saturated carbocycles. The quantitative estimate of drug-likeness (QED) is 0.742. The second-order valence-corrected chi connectivity index (χ2v) is 9.15. The Morgan fingerprint density at radius 2 is 1.97 bits per heavy atom. The minimum atomic E-state index is 0.0432. The number of ether oxygens (including phenoxy) is 1. The molecule has 2 aliphatic heterocycles. The Balaban J connectivity index is 1.32. The molecule has 6 heteroatoms. The number of benzene rings is 1. The van der Waals surface area contributed by atoms with Crippen LogP contribution in [0.5, 0.6) is 5.75 Å². The van der Waals surface area contributed by atoms with Crippen LogP contribution in [0, 0.1) is 5.92 Å². The zero-order valence-electron chi connectivity index (χ0n) is 19.2. The fourth-order valence-corrected chi connectivity index (χ4v) is 4.84. The van der Waals surface area contributed by atoms with Gasteiger partial charge in [-0.3, -0.25) is 9.69 Å². The summed E-state index contributed by atoms with van der Waals surface area (Å²) < 4.78 is 7.45. The summed E-state index contributed by atoms with van der Waals surface area (Å²) >= 11 is 0. The van der Waals surface area contributed by atoms with Gasteiger partial charge in [-0.05, 0) is 61.2 Å². The minimum absolute atomic E-state index is 0.0432. The van der Waals surface area contributed by atoms with Crippen molar-refractivity contribution in [3.8, 4) is 5.75 Å². The first kappa shape index (κ1) is 21.9. The normalized spacial score (nSPS) is 18.0. The zero-order valence-corrected chi connectivity index (χ0v) is 19.2. The summed E-state index contributed by atoms with van der Waals surface area (Å²) in [5.74, 6) is 1.78. The highest BCUT2D eigenvalue weighted by Crippen LogP contribution is 2.24. The average molecular weight is 425 g/mol. The van der Waals surface area contributed by atoms with Crippen LogP contribution >= 0.6 is 0 Å². The maximum absolute atomic E-state index is 12.8. The Hall–Kier alpha value is -2.31. The maximum Gasteiger partial charge on any atom is 0.267 e. The van der Waals surface area contributed by atoms with E-state index in [9.17, 15) is 4.79 Å². The number of hydrogen-bond donors (Lipinski definition) is 1. The van der Waals surface area contributed by atoms with Crippen LogP contribution in [0.4, 0.5) is 0 Å². The summed E-state index contributed by atoms with van der Waals surface area (Å²) in [7, 11) is 3.73. The van der Waals surface area contributed by atoms with Gasteiger partial charge in [0.25, 0.3) is 5.91 Å². The SMILES string of the molecule is COc1cccc(CN2CCc3c(cc(C(=O)NCCN4CCC(C)CC4)n3C)C2)c1.